The first-order valence-corrected chi connectivity index (χ1v) is 13.0. The van der Waals surface area contributed by atoms with E-state index in [-0.39, 0.29) is 12.1 Å². The Kier molecular flexibility index (Phi) is 9.08. The van der Waals surface area contributed by atoms with Crippen molar-refractivity contribution in [1.82, 2.24) is 0 Å². The topological polar surface area (TPSA) is 18.5 Å². The Morgan fingerprint density at radius 3 is 2.12 bits per heavy atom. The summed E-state index contributed by atoms with van der Waals surface area (Å²) in [4.78, 5) is 0. The molecular weight excluding hydrogens is 423 g/mol. The lowest BCUT2D eigenvalue weighted by atomic mass is 9.78. The normalized spacial score (nSPS) is 19.8. The first-order valence-electron chi connectivity index (χ1n) is 13.0. The second kappa shape index (κ2) is 12.7. The lowest BCUT2D eigenvalue weighted by Gasteiger charge is -2.28. The van der Waals surface area contributed by atoms with E-state index < -0.39 is 0 Å². The highest BCUT2D eigenvalue weighted by molar-refractivity contribution is 5.44. The Bertz CT molecular complexity index is 982. The number of halogens is 1. The highest BCUT2D eigenvalue weighted by Crippen LogP contribution is 2.34. The zero-order chi connectivity index (χ0) is 23.6. The lowest BCUT2D eigenvalue weighted by Crippen LogP contribution is -2.15. The van der Waals surface area contributed by atoms with Crippen LogP contribution in [0.15, 0.2) is 55.0 Å². The third-order valence-electron chi connectivity index (χ3n) is 7.29. The summed E-state index contributed by atoms with van der Waals surface area (Å²) in [7, 11) is 0. The monoisotopic (exact) mass is 460 g/mol. The summed E-state index contributed by atoms with van der Waals surface area (Å²) in [5.74, 6) is 7.69. The van der Waals surface area contributed by atoms with Crippen LogP contribution in [0.5, 0.6) is 0 Å². The quantitative estimate of drug-likeness (QED) is 0.354. The van der Waals surface area contributed by atoms with Crippen LogP contribution in [0.2, 0.25) is 0 Å². The van der Waals surface area contributed by atoms with Crippen LogP contribution in [0.3, 0.4) is 0 Å². The summed E-state index contributed by atoms with van der Waals surface area (Å²) in [6.45, 7) is 2.29. The largest absolute Gasteiger partial charge is 0.459 e. The summed E-state index contributed by atoms with van der Waals surface area (Å²) in [6, 6.07) is 13.7. The van der Waals surface area contributed by atoms with Gasteiger partial charge in [-0.15, -0.1) is 0 Å². The van der Waals surface area contributed by atoms with Crippen molar-refractivity contribution in [3.63, 3.8) is 0 Å². The maximum Gasteiger partial charge on any atom is 0.240 e. The fourth-order valence-electron chi connectivity index (χ4n) is 5.07. The molecule has 0 unspecified atom stereocenters. The molecule has 180 valence electrons. The van der Waals surface area contributed by atoms with Crippen molar-refractivity contribution in [2.45, 2.75) is 83.8 Å². The van der Waals surface area contributed by atoms with E-state index in [4.69, 9.17) is 9.47 Å². The van der Waals surface area contributed by atoms with Gasteiger partial charge in [0.15, 0.2) is 0 Å². The molecule has 0 amide bonds. The summed E-state index contributed by atoms with van der Waals surface area (Å²) < 4.78 is 25.0. The summed E-state index contributed by atoms with van der Waals surface area (Å²) >= 11 is 0. The predicted molar refractivity (Wildman–Crippen MR) is 136 cm³/mol. The van der Waals surface area contributed by atoms with Gasteiger partial charge in [-0.3, -0.25) is 0 Å². The number of ether oxygens (including phenoxy) is 2. The van der Waals surface area contributed by atoms with Crippen molar-refractivity contribution in [3.8, 4) is 11.8 Å². The molecule has 3 heteroatoms. The standard InChI is InChI=1S/C31H37FO2/c1-2-3-4-24-5-7-25(8-6-24)9-10-26-11-13-27(14-12-26)15-18-29-19-16-28(23-30(29)32)17-20-31-33-21-22-34-31/h11-14,16,19,21-25,31H,2-10,17,20H2,1H3. The van der Waals surface area contributed by atoms with Crippen LogP contribution in [-0.2, 0) is 22.3 Å². The van der Waals surface area contributed by atoms with Gasteiger partial charge in [0.2, 0.25) is 6.29 Å². The van der Waals surface area contributed by atoms with Gasteiger partial charge in [-0.05, 0) is 66.5 Å². The Balaban J connectivity index is 1.23. The van der Waals surface area contributed by atoms with E-state index in [9.17, 15) is 4.39 Å². The van der Waals surface area contributed by atoms with Crippen molar-refractivity contribution in [2.24, 2.45) is 11.8 Å². The van der Waals surface area contributed by atoms with E-state index in [0.717, 1.165) is 29.4 Å². The highest BCUT2D eigenvalue weighted by atomic mass is 19.1. The smallest absolute Gasteiger partial charge is 0.240 e. The molecule has 1 heterocycles. The Hall–Kier alpha value is -2.73. The van der Waals surface area contributed by atoms with Gasteiger partial charge < -0.3 is 9.47 Å². The van der Waals surface area contributed by atoms with Gasteiger partial charge in [-0.1, -0.05) is 81.9 Å². The van der Waals surface area contributed by atoms with E-state index in [1.54, 1.807) is 12.1 Å². The van der Waals surface area contributed by atoms with E-state index in [0.29, 0.717) is 18.4 Å². The zero-order valence-corrected chi connectivity index (χ0v) is 20.4. The molecule has 34 heavy (non-hydrogen) atoms. The molecule has 2 aromatic carbocycles. The Labute approximate surface area is 204 Å². The molecule has 0 aromatic heterocycles. The van der Waals surface area contributed by atoms with Crippen LogP contribution in [0, 0.1) is 29.5 Å². The number of rotatable bonds is 9. The first-order chi connectivity index (χ1) is 16.7. The van der Waals surface area contributed by atoms with Gasteiger partial charge in [0.1, 0.15) is 18.3 Å². The molecule has 2 aromatic rings. The SMILES string of the molecule is CCCCC1CCC(CCc2ccc(C#Cc3ccc(CCC4OC=CO4)cc3F)cc2)CC1. The van der Waals surface area contributed by atoms with Crippen LogP contribution in [0.1, 0.15) is 87.0 Å². The minimum absolute atomic E-state index is 0.268. The predicted octanol–water partition coefficient (Wildman–Crippen LogP) is 7.93. The zero-order valence-electron chi connectivity index (χ0n) is 20.4. The molecule has 1 aliphatic heterocycles. The van der Waals surface area contributed by atoms with Gasteiger partial charge in [0.25, 0.3) is 0 Å². The Morgan fingerprint density at radius 1 is 0.794 bits per heavy atom. The van der Waals surface area contributed by atoms with Crippen LogP contribution in [0.4, 0.5) is 4.39 Å². The molecule has 0 N–H and O–H groups in total. The maximum absolute atomic E-state index is 14.5. The van der Waals surface area contributed by atoms with E-state index in [1.165, 1.54) is 69.5 Å². The van der Waals surface area contributed by atoms with Crippen molar-refractivity contribution >= 4 is 0 Å². The van der Waals surface area contributed by atoms with E-state index in [2.05, 4.69) is 43.0 Å². The van der Waals surface area contributed by atoms with Crippen LogP contribution < -0.4 is 0 Å². The fraction of sp³-hybridized carbons (Fsp3) is 0.484. The number of hydrogen-bond acceptors (Lipinski definition) is 2. The molecule has 0 atom stereocenters. The number of benzene rings is 2. The molecule has 0 saturated heterocycles. The minimum atomic E-state index is -0.280. The van der Waals surface area contributed by atoms with Gasteiger partial charge in [-0.25, -0.2) is 4.39 Å². The number of aryl methyl sites for hydroxylation is 2. The highest BCUT2D eigenvalue weighted by Gasteiger charge is 2.20. The van der Waals surface area contributed by atoms with Crippen LogP contribution in [0.25, 0.3) is 0 Å². The summed E-state index contributed by atoms with van der Waals surface area (Å²) in [5.41, 5.74) is 3.64. The molecule has 2 aliphatic rings. The minimum Gasteiger partial charge on any atom is -0.459 e. The second-order valence-electron chi connectivity index (χ2n) is 9.84. The van der Waals surface area contributed by atoms with Gasteiger partial charge in [-0.2, -0.15) is 0 Å². The third-order valence-corrected chi connectivity index (χ3v) is 7.29. The average molecular weight is 461 g/mol. The van der Waals surface area contributed by atoms with Crippen molar-refractivity contribution in [3.05, 3.63) is 83.1 Å². The van der Waals surface area contributed by atoms with E-state index >= 15 is 0 Å². The molecule has 0 spiro atoms. The third kappa shape index (κ3) is 7.39. The lowest BCUT2D eigenvalue weighted by molar-refractivity contribution is -0.0275. The molecule has 0 radical (unpaired) electrons. The molecule has 0 bridgehead atoms. The Morgan fingerprint density at radius 2 is 1.44 bits per heavy atom. The molecule has 2 nitrogen and oxygen atoms in total. The van der Waals surface area contributed by atoms with Crippen LogP contribution in [-0.4, -0.2) is 6.29 Å². The molecule has 1 saturated carbocycles. The number of hydrogen-bond donors (Lipinski definition) is 0. The second-order valence-corrected chi connectivity index (χ2v) is 9.84. The van der Waals surface area contributed by atoms with Gasteiger partial charge in [0.05, 0.1) is 5.56 Å². The maximum atomic E-state index is 14.5. The van der Waals surface area contributed by atoms with Crippen molar-refractivity contribution < 1.29 is 13.9 Å². The van der Waals surface area contributed by atoms with E-state index in [1.807, 2.05) is 6.07 Å². The van der Waals surface area contributed by atoms with Crippen molar-refractivity contribution in [1.29, 1.82) is 0 Å². The summed E-state index contributed by atoms with van der Waals surface area (Å²) in [6.07, 6.45) is 16.4. The summed E-state index contributed by atoms with van der Waals surface area (Å²) in [5, 5.41) is 0. The molecular formula is C31H37FO2. The average Bonchev–Trinajstić information content (AvgIpc) is 3.39. The van der Waals surface area contributed by atoms with Gasteiger partial charge >= 0.3 is 0 Å². The first kappa shape index (κ1) is 24.4. The molecule has 1 aliphatic carbocycles. The fourth-order valence-corrected chi connectivity index (χ4v) is 5.07. The number of unbranched alkanes of at least 4 members (excludes halogenated alkanes) is 1. The van der Waals surface area contributed by atoms with Gasteiger partial charge in [0, 0.05) is 12.0 Å². The van der Waals surface area contributed by atoms with Crippen molar-refractivity contribution in [2.75, 3.05) is 0 Å². The molecule has 4 rings (SSSR count). The molecule has 1 fully saturated rings. The van der Waals surface area contributed by atoms with Crippen LogP contribution >= 0.6 is 0 Å².